The van der Waals surface area contributed by atoms with Gasteiger partial charge in [-0.15, -0.1) is 0 Å². The molecule has 0 bridgehead atoms. The Morgan fingerprint density at radius 2 is 1.88 bits per heavy atom. The molecular formula is C10H18N2O4. The van der Waals surface area contributed by atoms with Gasteiger partial charge in [-0.2, -0.15) is 0 Å². The topological polar surface area (TPSA) is 86.7 Å². The van der Waals surface area contributed by atoms with Crippen LogP contribution in [0.1, 0.15) is 26.2 Å². The first-order chi connectivity index (χ1) is 7.43. The van der Waals surface area contributed by atoms with E-state index in [-0.39, 0.29) is 24.7 Å². The van der Waals surface area contributed by atoms with Gasteiger partial charge < -0.3 is 15.3 Å². The average Bonchev–Trinajstić information content (AvgIpc) is 2.16. The Hall–Kier alpha value is -1.59. The van der Waals surface area contributed by atoms with Crippen LogP contribution in [-0.2, 0) is 14.4 Å². The van der Waals surface area contributed by atoms with Gasteiger partial charge >= 0.3 is 5.97 Å². The number of amides is 2. The first-order valence-corrected chi connectivity index (χ1v) is 5.13. The van der Waals surface area contributed by atoms with Gasteiger partial charge in [0.1, 0.15) is 0 Å². The SMILES string of the molecule is CC(=O)NCCC(=O)N(C)CCCC(=O)O. The fourth-order valence-electron chi connectivity index (χ4n) is 1.13. The van der Waals surface area contributed by atoms with Crippen molar-refractivity contribution in [1.82, 2.24) is 10.2 Å². The third-order valence-electron chi connectivity index (χ3n) is 2.02. The van der Waals surface area contributed by atoms with Gasteiger partial charge in [0.25, 0.3) is 0 Å². The van der Waals surface area contributed by atoms with E-state index in [1.165, 1.54) is 11.8 Å². The normalized spacial score (nSPS) is 9.62. The van der Waals surface area contributed by atoms with Gasteiger partial charge in [-0.1, -0.05) is 0 Å². The number of hydrogen-bond donors (Lipinski definition) is 2. The van der Waals surface area contributed by atoms with Gasteiger partial charge in [0.2, 0.25) is 11.8 Å². The zero-order chi connectivity index (χ0) is 12.6. The molecule has 92 valence electrons. The number of carbonyl (C=O) groups excluding carboxylic acids is 2. The summed E-state index contributed by atoms with van der Waals surface area (Å²) in [6, 6.07) is 0. The smallest absolute Gasteiger partial charge is 0.303 e. The van der Waals surface area contributed by atoms with Gasteiger partial charge in [-0.25, -0.2) is 0 Å². The lowest BCUT2D eigenvalue weighted by molar-refractivity contribution is -0.138. The number of hydrogen-bond acceptors (Lipinski definition) is 3. The van der Waals surface area contributed by atoms with Gasteiger partial charge in [-0.3, -0.25) is 14.4 Å². The zero-order valence-corrected chi connectivity index (χ0v) is 9.65. The molecule has 6 heteroatoms. The van der Waals surface area contributed by atoms with Gasteiger partial charge in [0, 0.05) is 39.9 Å². The first-order valence-electron chi connectivity index (χ1n) is 5.13. The molecule has 0 atom stereocenters. The van der Waals surface area contributed by atoms with E-state index in [4.69, 9.17) is 5.11 Å². The van der Waals surface area contributed by atoms with Crippen LogP contribution >= 0.6 is 0 Å². The van der Waals surface area contributed by atoms with E-state index in [1.807, 2.05) is 0 Å². The molecule has 0 aliphatic carbocycles. The Morgan fingerprint density at radius 1 is 1.25 bits per heavy atom. The minimum atomic E-state index is -0.862. The fourth-order valence-corrected chi connectivity index (χ4v) is 1.13. The van der Waals surface area contributed by atoms with Crippen molar-refractivity contribution in [3.05, 3.63) is 0 Å². The molecule has 0 unspecified atom stereocenters. The lowest BCUT2D eigenvalue weighted by Crippen LogP contribution is -2.32. The number of carbonyl (C=O) groups is 3. The molecule has 0 spiro atoms. The lowest BCUT2D eigenvalue weighted by Gasteiger charge is -2.16. The minimum absolute atomic E-state index is 0.0588. The Bertz CT molecular complexity index is 266. The van der Waals surface area contributed by atoms with Crippen LogP contribution in [0.25, 0.3) is 0 Å². The van der Waals surface area contributed by atoms with Crippen molar-refractivity contribution in [1.29, 1.82) is 0 Å². The van der Waals surface area contributed by atoms with Crippen LogP contribution in [0.4, 0.5) is 0 Å². The second-order valence-electron chi connectivity index (χ2n) is 3.55. The average molecular weight is 230 g/mol. The maximum absolute atomic E-state index is 11.4. The van der Waals surface area contributed by atoms with Crippen molar-refractivity contribution >= 4 is 17.8 Å². The molecule has 2 amide bonds. The molecule has 0 aromatic rings. The van der Waals surface area contributed by atoms with E-state index in [9.17, 15) is 14.4 Å². The van der Waals surface area contributed by atoms with Gasteiger partial charge in [0.15, 0.2) is 0 Å². The highest BCUT2D eigenvalue weighted by Crippen LogP contribution is 1.95. The maximum Gasteiger partial charge on any atom is 0.303 e. The molecule has 0 rings (SSSR count). The van der Waals surface area contributed by atoms with Crippen molar-refractivity contribution in [3.63, 3.8) is 0 Å². The first kappa shape index (κ1) is 14.4. The van der Waals surface area contributed by atoms with Crippen LogP contribution in [-0.4, -0.2) is 47.9 Å². The molecule has 2 N–H and O–H groups in total. The lowest BCUT2D eigenvalue weighted by atomic mass is 10.3. The molecular weight excluding hydrogens is 212 g/mol. The highest BCUT2D eigenvalue weighted by Gasteiger charge is 2.08. The van der Waals surface area contributed by atoms with Gasteiger partial charge in [0.05, 0.1) is 0 Å². The molecule has 0 fully saturated rings. The van der Waals surface area contributed by atoms with Crippen molar-refractivity contribution in [3.8, 4) is 0 Å². The Labute approximate surface area is 94.6 Å². The zero-order valence-electron chi connectivity index (χ0n) is 9.65. The van der Waals surface area contributed by atoms with Crippen LogP contribution in [0.3, 0.4) is 0 Å². The molecule has 0 aromatic carbocycles. The molecule has 16 heavy (non-hydrogen) atoms. The number of carboxylic acids is 1. The monoisotopic (exact) mass is 230 g/mol. The molecule has 0 aliphatic heterocycles. The second-order valence-corrected chi connectivity index (χ2v) is 3.55. The number of nitrogens with one attached hydrogen (secondary N) is 1. The quantitative estimate of drug-likeness (QED) is 0.636. The number of rotatable bonds is 7. The fraction of sp³-hybridized carbons (Fsp3) is 0.700. The molecule has 0 saturated carbocycles. The van der Waals surface area contributed by atoms with E-state index in [2.05, 4.69) is 5.32 Å². The summed E-state index contributed by atoms with van der Waals surface area (Å²) in [5, 5.41) is 10.9. The summed E-state index contributed by atoms with van der Waals surface area (Å²) >= 11 is 0. The third kappa shape index (κ3) is 7.78. The van der Waals surface area contributed by atoms with E-state index >= 15 is 0 Å². The van der Waals surface area contributed by atoms with Crippen LogP contribution < -0.4 is 5.32 Å². The van der Waals surface area contributed by atoms with Crippen LogP contribution in [0.2, 0.25) is 0 Å². The third-order valence-corrected chi connectivity index (χ3v) is 2.02. The summed E-state index contributed by atoms with van der Waals surface area (Å²) in [7, 11) is 1.62. The summed E-state index contributed by atoms with van der Waals surface area (Å²) < 4.78 is 0. The number of nitrogens with zero attached hydrogens (tertiary/aromatic N) is 1. The maximum atomic E-state index is 11.4. The summed E-state index contributed by atoms with van der Waals surface area (Å²) in [5.41, 5.74) is 0. The molecule has 0 radical (unpaired) electrons. The summed E-state index contributed by atoms with van der Waals surface area (Å²) in [4.78, 5) is 33.7. The largest absolute Gasteiger partial charge is 0.481 e. The Kier molecular flexibility index (Phi) is 6.91. The second kappa shape index (κ2) is 7.67. The predicted octanol–water partition coefficient (Wildman–Crippen LogP) is -0.164. The van der Waals surface area contributed by atoms with Crippen LogP contribution in [0.5, 0.6) is 0 Å². The molecule has 0 heterocycles. The van der Waals surface area contributed by atoms with Crippen molar-refractivity contribution in [2.24, 2.45) is 0 Å². The van der Waals surface area contributed by atoms with Gasteiger partial charge in [-0.05, 0) is 6.42 Å². The summed E-state index contributed by atoms with van der Waals surface area (Å²) in [6.07, 6.45) is 0.740. The molecule has 0 saturated heterocycles. The standard InChI is InChI=1S/C10H18N2O4/c1-8(13)11-6-5-9(14)12(2)7-3-4-10(15)16/h3-7H2,1-2H3,(H,11,13)(H,15,16). The summed E-state index contributed by atoms with van der Waals surface area (Å²) in [5.74, 6) is -1.13. The van der Waals surface area contributed by atoms with Crippen molar-refractivity contribution < 1.29 is 19.5 Å². The van der Waals surface area contributed by atoms with Crippen molar-refractivity contribution in [2.45, 2.75) is 26.2 Å². The van der Waals surface area contributed by atoms with E-state index in [0.29, 0.717) is 19.5 Å². The number of carboxylic acid groups (broad SMARTS) is 1. The highest BCUT2D eigenvalue weighted by molar-refractivity contribution is 5.77. The number of aliphatic carboxylic acids is 1. The van der Waals surface area contributed by atoms with Crippen molar-refractivity contribution in [2.75, 3.05) is 20.1 Å². The summed E-state index contributed by atoms with van der Waals surface area (Å²) in [6.45, 7) is 2.13. The van der Waals surface area contributed by atoms with Crippen LogP contribution in [0, 0.1) is 0 Å². The highest BCUT2D eigenvalue weighted by atomic mass is 16.4. The predicted molar refractivity (Wildman–Crippen MR) is 57.8 cm³/mol. The Balaban J connectivity index is 3.64. The van der Waals surface area contributed by atoms with Crippen LogP contribution in [0.15, 0.2) is 0 Å². The van der Waals surface area contributed by atoms with E-state index < -0.39 is 5.97 Å². The van der Waals surface area contributed by atoms with E-state index in [0.717, 1.165) is 0 Å². The minimum Gasteiger partial charge on any atom is -0.481 e. The molecule has 6 nitrogen and oxygen atoms in total. The van der Waals surface area contributed by atoms with E-state index in [1.54, 1.807) is 7.05 Å². The Morgan fingerprint density at radius 3 is 2.38 bits per heavy atom. The molecule has 0 aliphatic rings. The molecule has 0 aromatic heterocycles.